The van der Waals surface area contributed by atoms with Crippen molar-refractivity contribution in [1.29, 1.82) is 0 Å². The summed E-state index contributed by atoms with van der Waals surface area (Å²) in [4.78, 5) is 33.6. The van der Waals surface area contributed by atoms with Gasteiger partial charge < -0.3 is 0 Å². The number of carbonyl (C=O) groups excluding carboxylic acids is 1. The van der Waals surface area contributed by atoms with Gasteiger partial charge in [0.2, 0.25) is 0 Å². The number of nitrogens with zero attached hydrogens (tertiary/aromatic N) is 1. The van der Waals surface area contributed by atoms with Crippen LogP contribution in [0.2, 0.25) is 0 Å². The maximum absolute atomic E-state index is 11.3. The Morgan fingerprint density at radius 2 is 1.56 bits per heavy atom. The Morgan fingerprint density at radius 1 is 1.06 bits per heavy atom. The van der Waals surface area contributed by atoms with Crippen LogP contribution in [0, 0.1) is 0 Å². The number of benzene rings is 1. The molecule has 0 atom stereocenters. The van der Waals surface area contributed by atoms with E-state index in [1.807, 2.05) is 0 Å². The lowest BCUT2D eigenvalue weighted by Gasteiger charge is -1.99. The second-order valence-corrected chi connectivity index (χ2v) is 3.30. The quantitative estimate of drug-likeness (QED) is 0.700. The zero-order chi connectivity index (χ0) is 11.7. The van der Waals surface area contributed by atoms with E-state index in [1.54, 1.807) is 24.3 Å². The molecule has 0 unspecified atom stereocenters. The lowest BCUT2D eigenvalue weighted by Crippen LogP contribution is -2.24. The molecule has 1 heterocycles. The molecule has 6 nitrogen and oxygen atoms in total. The predicted octanol–water partition coefficient (Wildman–Crippen LogP) is 0.0565. The summed E-state index contributed by atoms with van der Waals surface area (Å²) < 4.78 is 0.948. The van der Waals surface area contributed by atoms with Crippen LogP contribution in [-0.4, -0.2) is 20.5 Å². The van der Waals surface area contributed by atoms with Crippen molar-refractivity contribution >= 4 is 5.78 Å². The molecule has 0 spiro atoms. The molecule has 0 radical (unpaired) electrons. The molecule has 0 saturated carbocycles. The first-order chi connectivity index (χ1) is 7.59. The fourth-order valence-electron chi connectivity index (χ4n) is 1.39. The summed E-state index contributed by atoms with van der Waals surface area (Å²) in [6.45, 7) is 1.45. The van der Waals surface area contributed by atoms with Crippen molar-refractivity contribution in [3.05, 3.63) is 50.8 Å². The van der Waals surface area contributed by atoms with E-state index in [0.717, 1.165) is 4.57 Å². The molecule has 1 aromatic heterocycles. The SMILES string of the molecule is CC(=O)c1ccc(-n2c(=O)[nH][nH]c2=O)cc1. The van der Waals surface area contributed by atoms with Gasteiger partial charge in [0.25, 0.3) is 0 Å². The molecule has 1 aromatic carbocycles. The molecular weight excluding hydrogens is 210 g/mol. The van der Waals surface area contributed by atoms with Crippen molar-refractivity contribution in [2.45, 2.75) is 6.92 Å². The molecule has 0 fully saturated rings. The largest absolute Gasteiger partial charge is 0.348 e. The number of aromatic amines is 2. The highest BCUT2D eigenvalue weighted by atomic mass is 16.2. The zero-order valence-electron chi connectivity index (χ0n) is 8.48. The Balaban J connectivity index is 2.55. The molecular formula is C10H9N3O3. The van der Waals surface area contributed by atoms with Gasteiger partial charge in [-0.05, 0) is 31.2 Å². The minimum absolute atomic E-state index is 0.0677. The average molecular weight is 219 g/mol. The van der Waals surface area contributed by atoms with Crippen LogP contribution in [0.1, 0.15) is 17.3 Å². The molecule has 16 heavy (non-hydrogen) atoms. The third-order valence-corrected chi connectivity index (χ3v) is 2.21. The Morgan fingerprint density at radius 3 is 2.00 bits per heavy atom. The normalized spacial score (nSPS) is 10.3. The number of ketones is 1. The van der Waals surface area contributed by atoms with Gasteiger partial charge in [-0.1, -0.05) is 0 Å². The van der Waals surface area contributed by atoms with Crippen LogP contribution in [0.25, 0.3) is 5.69 Å². The van der Waals surface area contributed by atoms with Gasteiger partial charge in [0.05, 0.1) is 5.69 Å². The summed E-state index contributed by atoms with van der Waals surface area (Å²) >= 11 is 0. The van der Waals surface area contributed by atoms with E-state index in [9.17, 15) is 14.4 Å². The van der Waals surface area contributed by atoms with E-state index < -0.39 is 11.4 Å². The lowest BCUT2D eigenvalue weighted by molar-refractivity contribution is 0.101. The summed E-state index contributed by atoms with van der Waals surface area (Å²) in [6, 6.07) is 6.22. The van der Waals surface area contributed by atoms with Gasteiger partial charge in [0, 0.05) is 5.56 Å². The summed E-state index contributed by atoms with van der Waals surface area (Å²) in [6.07, 6.45) is 0. The van der Waals surface area contributed by atoms with Gasteiger partial charge in [-0.25, -0.2) is 24.4 Å². The highest BCUT2D eigenvalue weighted by Crippen LogP contribution is 2.06. The Bertz CT molecular complexity index is 603. The molecule has 0 bridgehead atoms. The monoisotopic (exact) mass is 219 g/mol. The minimum atomic E-state index is -0.541. The molecule has 2 rings (SSSR count). The van der Waals surface area contributed by atoms with Crippen molar-refractivity contribution in [2.75, 3.05) is 0 Å². The fourth-order valence-corrected chi connectivity index (χ4v) is 1.39. The molecule has 0 saturated heterocycles. The minimum Gasteiger partial charge on any atom is -0.295 e. The van der Waals surface area contributed by atoms with Crippen LogP contribution < -0.4 is 11.4 Å². The van der Waals surface area contributed by atoms with E-state index in [-0.39, 0.29) is 5.78 Å². The molecule has 0 aliphatic carbocycles. The van der Waals surface area contributed by atoms with Crippen LogP contribution in [0.15, 0.2) is 33.9 Å². The van der Waals surface area contributed by atoms with Crippen molar-refractivity contribution < 1.29 is 4.79 Å². The fraction of sp³-hybridized carbons (Fsp3) is 0.100. The Hall–Kier alpha value is -2.37. The molecule has 6 heteroatoms. The number of aromatic nitrogens is 3. The second kappa shape index (κ2) is 3.65. The van der Waals surface area contributed by atoms with Gasteiger partial charge in [0.15, 0.2) is 5.78 Å². The van der Waals surface area contributed by atoms with E-state index in [4.69, 9.17) is 0 Å². The van der Waals surface area contributed by atoms with Gasteiger partial charge >= 0.3 is 11.4 Å². The van der Waals surface area contributed by atoms with Crippen molar-refractivity contribution in [1.82, 2.24) is 14.8 Å². The first-order valence-corrected chi connectivity index (χ1v) is 4.60. The summed E-state index contributed by atoms with van der Waals surface area (Å²) in [5.74, 6) is -0.0677. The molecule has 82 valence electrons. The number of H-pyrrole nitrogens is 2. The van der Waals surface area contributed by atoms with Gasteiger partial charge in [-0.2, -0.15) is 0 Å². The molecule has 0 aliphatic rings. The van der Waals surface area contributed by atoms with Gasteiger partial charge in [0.1, 0.15) is 0 Å². The molecule has 0 aliphatic heterocycles. The third-order valence-electron chi connectivity index (χ3n) is 2.21. The summed E-state index contributed by atoms with van der Waals surface area (Å²) in [5.41, 5.74) is -0.137. The van der Waals surface area contributed by atoms with Crippen LogP contribution in [-0.2, 0) is 0 Å². The number of nitrogens with one attached hydrogen (secondary N) is 2. The van der Waals surface area contributed by atoms with Crippen LogP contribution in [0.3, 0.4) is 0 Å². The molecule has 2 aromatic rings. The van der Waals surface area contributed by atoms with Crippen LogP contribution >= 0.6 is 0 Å². The smallest absolute Gasteiger partial charge is 0.295 e. The highest BCUT2D eigenvalue weighted by Gasteiger charge is 2.06. The first-order valence-electron chi connectivity index (χ1n) is 4.60. The number of carbonyl (C=O) groups is 1. The predicted molar refractivity (Wildman–Crippen MR) is 57.0 cm³/mol. The zero-order valence-corrected chi connectivity index (χ0v) is 8.48. The Labute approximate surface area is 89.5 Å². The molecule has 0 amide bonds. The van der Waals surface area contributed by atoms with Crippen molar-refractivity contribution in [3.63, 3.8) is 0 Å². The summed E-state index contributed by atoms with van der Waals surface area (Å²) in [5, 5.41) is 4.35. The summed E-state index contributed by atoms with van der Waals surface area (Å²) in [7, 11) is 0. The van der Waals surface area contributed by atoms with Crippen molar-refractivity contribution in [3.8, 4) is 5.69 Å². The maximum atomic E-state index is 11.3. The van der Waals surface area contributed by atoms with Crippen LogP contribution in [0.5, 0.6) is 0 Å². The lowest BCUT2D eigenvalue weighted by atomic mass is 10.1. The van der Waals surface area contributed by atoms with E-state index in [1.165, 1.54) is 6.92 Å². The first kappa shape index (κ1) is 10.2. The number of hydrogen-bond acceptors (Lipinski definition) is 3. The van der Waals surface area contributed by atoms with Gasteiger partial charge in [-0.15, -0.1) is 0 Å². The number of hydrogen-bond donors (Lipinski definition) is 2. The number of rotatable bonds is 2. The second-order valence-electron chi connectivity index (χ2n) is 3.30. The Kier molecular flexibility index (Phi) is 2.32. The number of Topliss-reactive ketones (excluding diaryl/α,β-unsaturated/α-hetero) is 1. The molecule has 2 N–H and O–H groups in total. The van der Waals surface area contributed by atoms with E-state index in [0.29, 0.717) is 11.3 Å². The average Bonchev–Trinajstić information content (AvgIpc) is 2.59. The van der Waals surface area contributed by atoms with E-state index >= 15 is 0 Å². The standard InChI is InChI=1S/C10H9N3O3/c1-6(14)7-2-4-8(5-3-7)13-9(15)11-12-10(13)16/h2-5H,1H3,(H,11,15)(H,12,16). The highest BCUT2D eigenvalue weighted by molar-refractivity contribution is 5.94. The topological polar surface area (TPSA) is 87.7 Å². The van der Waals surface area contributed by atoms with E-state index in [2.05, 4.69) is 10.2 Å². The van der Waals surface area contributed by atoms with Gasteiger partial charge in [-0.3, -0.25) is 4.79 Å². The van der Waals surface area contributed by atoms with Crippen LogP contribution in [0.4, 0.5) is 0 Å². The maximum Gasteiger partial charge on any atom is 0.348 e. The third kappa shape index (κ3) is 1.60. The van der Waals surface area contributed by atoms with Crippen molar-refractivity contribution in [2.24, 2.45) is 0 Å².